The van der Waals surface area contributed by atoms with Crippen LogP contribution in [-0.2, 0) is 6.42 Å². The molecule has 0 aliphatic carbocycles. The molecule has 126 valence electrons. The third kappa shape index (κ3) is 3.37. The van der Waals surface area contributed by atoms with E-state index in [1.54, 1.807) is 12.1 Å². The van der Waals surface area contributed by atoms with Gasteiger partial charge in [0, 0.05) is 35.8 Å². The first-order chi connectivity index (χ1) is 12.2. The number of benzene rings is 1. The second-order valence-electron chi connectivity index (χ2n) is 5.08. The molecule has 0 saturated heterocycles. The van der Waals surface area contributed by atoms with Gasteiger partial charge in [0.1, 0.15) is 0 Å². The largest absolute Gasteiger partial charge is 0.360 e. The molecule has 3 aromatic heterocycles. The predicted molar refractivity (Wildman–Crippen MR) is 94.1 cm³/mol. The van der Waals surface area contributed by atoms with Gasteiger partial charge >= 0.3 is 0 Å². The first-order valence-corrected chi connectivity index (χ1v) is 8.56. The van der Waals surface area contributed by atoms with Crippen molar-refractivity contribution in [3.05, 3.63) is 57.8 Å². The molecule has 3 heterocycles. The highest BCUT2D eigenvalue weighted by Crippen LogP contribution is 2.19. The lowest BCUT2D eigenvalue weighted by atomic mass is 10.2. The number of rotatable bonds is 5. The van der Waals surface area contributed by atoms with E-state index in [2.05, 4.69) is 25.5 Å². The normalized spacial score (nSPS) is 11.1. The highest BCUT2D eigenvalue weighted by Gasteiger charge is 2.10. The van der Waals surface area contributed by atoms with Gasteiger partial charge in [-0.3, -0.25) is 4.79 Å². The Bertz CT molecular complexity index is 1070. The van der Waals surface area contributed by atoms with E-state index in [4.69, 9.17) is 16.1 Å². The second kappa shape index (κ2) is 6.61. The van der Waals surface area contributed by atoms with Crippen LogP contribution in [0, 0.1) is 0 Å². The Morgan fingerprint density at radius 1 is 1.24 bits per heavy atom. The minimum Gasteiger partial charge on any atom is -0.360 e. The topological polar surface area (TPSA) is 98.2 Å². The zero-order chi connectivity index (χ0) is 17.2. The lowest BCUT2D eigenvalue weighted by molar-refractivity contribution is 0.381. The average molecular weight is 375 g/mol. The van der Waals surface area contributed by atoms with Crippen LogP contribution in [-0.4, -0.2) is 31.3 Å². The third-order valence-corrected chi connectivity index (χ3v) is 4.49. The SMILES string of the molecule is O=c1ccnc2sc(NCCc3nc(-c4ccc(Cl)cc4)no3)nn12. The quantitative estimate of drug-likeness (QED) is 0.573. The summed E-state index contributed by atoms with van der Waals surface area (Å²) in [5.74, 6) is 1.02. The Hall–Kier alpha value is -2.78. The fourth-order valence-corrected chi connectivity index (χ4v) is 3.09. The Kier molecular flexibility index (Phi) is 4.16. The van der Waals surface area contributed by atoms with Crippen LogP contribution in [0.5, 0.6) is 0 Å². The molecular weight excluding hydrogens is 364 g/mol. The molecular formula is C15H11ClN6O2S. The molecule has 8 nitrogen and oxygen atoms in total. The van der Waals surface area contributed by atoms with Crippen molar-refractivity contribution < 1.29 is 4.52 Å². The number of fused-ring (bicyclic) bond motifs is 1. The summed E-state index contributed by atoms with van der Waals surface area (Å²) in [7, 11) is 0. The number of hydrogen-bond donors (Lipinski definition) is 1. The lowest BCUT2D eigenvalue weighted by Crippen LogP contribution is -2.13. The molecule has 4 aromatic rings. The van der Waals surface area contributed by atoms with Gasteiger partial charge in [0.05, 0.1) is 0 Å². The van der Waals surface area contributed by atoms with E-state index in [0.717, 1.165) is 5.56 Å². The van der Waals surface area contributed by atoms with E-state index in [0.29, 0.717) is 39.8 Å². The number of aromatic nitrogens is 5. The Balaban J connectivity index is 1.40. The van der Waals surface area contributed by atoms with Crippen LogP contribution >= 0.6 is 22.9 Å². The maximum atomic E-state index is 11.6. The van der Waals surface area contributed by atoms with Crippen molar-refractivity contribution in [2.45, 2.75) is 6.42 Å². The van der Waals surface area contributed by atoms with E-state index >= 15 is 0 Å². The molecule has 25 heavy (non-hydrogen) atoms. The standard InChI is InChI=1S/C15H11ClN6O2S/c16-10-3-1-9(2-4-10)13-19-11(24-21-13)5-7-17-14-20-22-12(23)6-8-18-15(22)25-14/h1-4,6,8H,5,7H2,(H,17,20). The zero-order valence-electron chi connectivity index (χ0n) is 12.7. The van der Waals surface area contributed by atoms with Crippen LogP contribution in [0.2, 0.25) is 5.02 Å². The molecule has 1 N–H and O–H groups in total. The highest BCUT2D eigenvalue weighted by molar-refractivity contribution is 7.20. The van der Waals surface area contributed by atoms with Gasteiger partial charge in [-0.15, -0.1) is 5.10 Å². The van der Waals surface area contributed by atoms with Gasteiger partial charge in [0.15, 0.2) is 0 Å². The van der Waals surface area contributed by atoms with Crippen molar-refractivity contribution in [2.75, 3.05) is 11.9 Å². The summed E-state index contributed by atoms with van der Waals surface area (Å²) in [5, 5.41) is 12.5. The molecule has 0 amide bonds. The molecule has 0 aliphatic heterocycles. The molecule has 1 aromatic carbocycles. The van der Waals surface area contributed by atoms with E-state index in [1.807, 2.05) is 12.1 Å². The van der Waals surface area contributed by atoms with Crippen molar-refractivity contribution in [2.24, 2.45) is 0 Å². The predicted octanol–water partition coefficient (Wildman–Crippen LogP) is 2.51. The van der Waals surface area contributed by atoms with Gasteiger partial charge in [-0.05, 0) is 24.3 Å². The molecule has 0 radical (unpaired) electrons. The van der Waals surface area contributed by atoms with Crippen LogP contribution in [0.1, 0.15) is 5.89 Å². The van der Waals surface area contributed by atoms with E-state index in [-0.39, 0.29) is 5.56 Å². The molecule has 10 heteroatoms. The van der Waals surface area contributed by atoms with Gasteiger partial charge in [-0.2, -0.15) is 9.50 Å². The molecule has 0 aliphatic rings. The van der Waals surface area contributed by atoms with Crippen LogP contribution in [0.3, 0.4) is 0 Å². The Labute approximate surface area is 150 Å². The van der Waals surface area contributed by atoms with Gasteiger partial charge in [0.25, 0.3) is 5.56 Å². The van der Waals surface area contributed by atoms with Gasteiger partial charge < -0.3 is 9.84 Å². The van der Waals surface area contributed by atoms with Crippen molar-refractivity contribution in [1.29, 1.82) is 0 Å². The van der Waals surface area contributed by atoms with Crippen molar-refractivity contribution in [3.63, 3.8) is 0 Å². The van der Waals surface area contributed by atoms with E-state index in [1.165, 1.54) is 28.1 Å². The first kappa shape index (κ1) is 15.7. The van der Waals surface area contributed by atoms with Crippen molar-refractivity contribution in [1.82, 2.24) is 24.7 Å². The average Bonchev–Trinajstić information content (AvgIpc) is 3.23. The van der Waals surface area contributed by atoms with Crippen LogP contribution in [0.25, 0.3) is 16.3 Å². The fourth-order valence-electron chi connectivity index (χ4n) is 2.16. The maximum absolute atomic E-state index is 11.6. The van der Waals surface area contributed by atoms with Crippen LogP contribution in [0.15, 0.2) is 45.8 Å². The smallest absolute Gasteiger partial charge is 0.275 e. The molecule has 0 atom stereocenters. The molecule has 0 bridgehead atoms. The second-order valence-corrected chi connectivity index (χ2v) is 6.47. The van der Waals surface area contributed by atoms with Crippen LogP contribution in [0.4, 0.5) is 5.13 Å². The van der Waals surface area contributed by atoms with Crippen molar-refractivity contribution in [3.8, 4) is 11.4 Å². The summed E-state index contributed by atoms with van der Waals surface area (Å²) in [6, 6.07) is 8.59. The van der Waals surface area contributed by atoms with Crippen LogP contribution < -0.4 is 10.9 Å². The van der Waals surface area contributed by atoms with Gasteiger partial charge in [0.2, 0.25) is 21.8 Å². The summed E-state index contributed by atoms with van der Waals surface area (Å²) in [4.78, 5) is 20.6. The van der Waals surface area contributed by atoms with E-state index < -0.39 is 0 Å². The highest BCUT2D eigenvalue weighted by atomic mass is 35.5. The van der Waals surface area contributed by atoms with Crippen molar-refractivity contribution >= 4 is 33.0 Å². The molecule has 0 fully saturated rings. The Morgan fingerprint density at radius 2 is 2.08 bits per heavy atom. The first-order valence-electron chi connectivity index (χ1n) is 7.36. The van der Waals surface area contributed by atoms with E-state index in [9.17, 15) is 4.79 Å². The lowest BCUT2D eigenvalue weighted by Gasteiger charge is -1.97. The maximum Gasteiger partial charge on any atom is 0.275 e. The minimum absolute atomic E-state index is 0.209. The number of anilines is 1. The summed E-state index contributed by atoms with van der Waals surface area (Å²) in [6.45, 7) is 0.539. The summed E-state index contributed by atoms with van der Waals surface area (Å²) >= 11 is 7.17. The zero-order valence-corrected chi connectivity index (χ0v) is 14.3. The fraction of sp³-hybridized carbons (Fsp3) is 0.133. The molecule has 0 spiro atoms. The summed E-state index contributed by atoms with van der Waals surface area (Å²) in [5.41, 5.74) is 0.628. The number of nitrogens with zero attached hydrogens (tertiary/aromatic N) is 5. The molecule has 0 saturated carbocycles. The Morgan fingerprint density at radius 3 is 2.88 bits per heavy atom. The number of nitrogens with one attached hydrogen (secondary N) is 1. The van der Waals surface area contributed by atoms with Gasteiger partial charge in [-0.25, -0.2) is 4.98 Å². The minimum atomic E-state index is -0.209. The monoisotopic (exact) mass is 374 g/mol. The number of halogens is 1. The van der Waals surface area contributed by atoms with Gasteiger partial charge in [-0.1, -0.05) is 28.1 Å². The summed E-state index contributed by atoms with van der Waals surface area (Å²) in [6.07, 6.45) is 2.00. The summed E-state index contributed by atoms with van der Waals surface area (Å²) < 4.78 is 6.51. The molecule has 4 rings (SSSR count). The number of hydrogen-bond acceptors (Lipinski definition) is 8. The third-order valence-electron chi connectivity index (χ3n) is 3.36. The molecule has 0 unspecified atom stereocenters.